The molecule has 4 nitrogen and oxygen atoms in total. The molecule has 0 bridgehead atoms. The molecule has 0 saturated carbocycles. The molecular weight excluding hydrogens is 246 g/mol. The molecular formula is C12H14F2O4. The summed E-state index contributed by atoms with van der Waals surface area (Å²) in [6.45, 7) is -2.90. The molecule has 0 aliphatic carbocycles. The van der Waals surface area contributed by atoms with Crippen LogP contribution in [0.5, 0.6) is 11.5 Å². The Bertz CT molecular complexity index is 407. The third-order valence-corrected chi connectivity index (χ3v) is 2.29. The molecule has 100 valence electrons. The zero-order valence-electron chi connectivity index (χ0n) is 10.1. The molecule has 0 radical (unpaired) electrons. The molecule has 0 fully saturated rings. The zero-order chi connectivity index (χ0) is 13.5. The summed E-state index contributed by atoms with van der Waals surface area (Å²) in [4.78, 5) is 11.0. The van der Waals surface area contributed by atoms with Crippen LogP contribution in [0.4, 0.5) is 8.78 Å². The summed E-state index contributed by atoms with van der Waals surface area (Å²) in [7, 11) is 2.67. The maximum absolute atomic E-state index is 12.1. The van der Waals surface area contributed by atoms with Gasteiger partial charge in [0.15, 0.2) is 11.5 Å². The van der Waals surface area contributed by atoms with Crippen molar-refractivity contribution in [2.24, 2.45) is 0 Å². The van der Waals surface area contributed by atoms with Gasteiger partial charge in [-0.15, -0.1) is 0 Å². The minimum Gasteiger partial charge on any atom is -0.493 e. The Morgan fingerprint density at radius 3 is 2.56 bits per heavy atom. The van der Waals surface area contributed by atoms with Crippen LogP contribution in [-0.4, -0.2) is 26.8 Å². The fraction of sp³-hybridized carbons (Fsp3) is 0.417. The summed E-state index contributed by atoms with van der Waals surface area (Å²) in [5, 5.41) is 0. The first-order valence-electron chi connectivity index (χ1n) is 5.25. The lowest BCUT2D eigenvalue weighted by atomic mass is 10.1. The number of hydrogen-bond acceptors (Lipinski definition) is 4. The van der Waals surface area contributed by atoms with Gasteiger partial charge in [-0.1, -0.05) is 6.07 Å². The average molecular weight is 260 g/mol. The van der Waals surface area contributed by atoms with Crippen molar-refractivity contribution < 1.29 is 27.8 Å². The topological polar surface area (TPSA) is 44.8 Å². The fourth-order valence-corrected chi connectivity index (χ4v) is 1.41. The molecule has 0 unspecified atom stereocenters. The summed E-state index contributed by atoms with van der Waals surface area (Å²) in [5.41, 5.74) is 0.777. The van der Waals surface area contributed by atoms with Gasteiger partial charge in [-0.05, 0) is 24.1 Å². The quantitative estimate of drug-likeness (QED) is 0.737. The van der Waals surface area contributed by atoms with Crippen molar-refractivity contribution in [2.75, 3.05) is 14.2 Å². The Morgan fingerprint density at radius 2 is 2.00 bits per heavy atom. The third-order valence-electron chi connectivity index (χ3n) is 2.29. The van der Waals surface area contributed by atoms with E-state index in [1.807, 2.05) is 0 Å². The maximum atomic E-state index is 12.1. The molecule has 0 spiro atoms. The van der Waals surface area contributed by atoms with Crippen LogP contribution in [-0.2, 0) is 16.0 Å². The van der Waals surface area contributed by atoms with Crippen LogP contribution in [0.25, 0.3) is 0 Å². The van der Waals surface area contributed by atoms with E-state index in [1.165, 1.54) is 20.3 Å². The number of carbonyl (C=O) groups excluding carboxylic acids is 1. The van der Waals surface area contributed by atoms with Crippen LogP contribution in [0.1, 0.15) is 12.0 Å². The number of carbonyl (C=O) groups is 1. The van der Waals surface area contributed by atoms with Gasteiger partial charge >= 0.3 is 12.6 Å². The molecule has 0 amide bonds. The van der Waals surface area contributed by atoms with Gasteiger partial charge in [0.05, 0.1) is 14.2 Å². The van der Waals surface area contributed by atoms with E-state index in [0.29, 0.717) is 6.42 Å². The molecule has 0 N–H and O–H groups in total. The summed E-state index contributed by atoms with van der Waals surface area (Å²) >= 11 is 0. The number of ether oxygens (including phenoxy) is 3. The number of esters is 1. The van der Waals surface area contributed by atoms with E-state index in [1.54, 1.807) is 12.1 Å². The molecule has 0 heterocycles. The van der Waals surface area contributed by atoms with Crippen LogP contribution in [0.3, 0.4) is 0 Å². The zero-order valence-corrected chi connectivity index (χ0v) is 10.1. The molecule has 1 aromatic rings. The lowest BCUT2D eigenvalue weighted by Gasteiger charge is -2.11. The number of alkyl halides is 2. The number of aryl methyl sites for hydroxylation is 1. The highest BCUT2D eigenvalue weighted by atomic mass is 19.3. The standard InChI is InChI=1S/C12H14F2O4/c1-16-10-7-8(4-6-11(15)17-2)3-5-9(10)18-12(13)14/h3,5,7,12H,4,6H2,1-2H3. The molecule has 0 aliphatic heterocycles. The SMILES string of the molecule is COC(=O)CCc1ccc(OC(F)F)c(OC)c1. The first-order chi connectivity index (χ1) is 8.56. The van der Waals surface area contributed by atoms with E-state index < -0.39 is 6.61 Å². The summed E-state index contributed by atoms with van der Waals surface area (Å²) in [6.07, 6.45) is 0.659. The number of methoxy groups -OCH3 is 2. The smallest absolute Gasteiger partial charge is 0.387 e. The Labute approximate surface area is 103 Å². The van der Waals surface area contributed by atoms with Crippen molar-refractivity contribution in [1.29, 1.82) is 0 Å². The van der Waals surface area contributed by atoms with Crippen LogP contribution in [0.15, 0.2) is 18.2 Å². The van der Waals surface area contributed by atoms with Crippen LogP contribution < -0.4 is 9.47 Å². The lowest BCUT2D eigenvalue weighted by molar-refractivity contribution is -0.140. The summed E-state index contributed by atoms with van der Waals surface area (Å²) < 4.78 is 37.9. The molecule has 18 heavy (non-hydrogen) atoms. The molecule has 0 atom stereocenters. The van der Waals surface area contributed by atoms with E-state index in [4.69, 9.17) is 4.74 Å². The highest BCUT2D eigenvalue weighted by molar-refractivity contribution is 5.69. The van der Waals surface area contributed by atoms with Gasteiger partial charge in [-0.3, -0.25) is 4.79 Å². The van der Waals surface area contributed by atoms with Gasteiger partial charge in [0.2, 0.25) is 0 Å². The highest BCUT2D eigenvalue weighted by Crippen LogP contribution is 2.29. The second-order valence-corrected chi connectivity index (χ2v) is 3.44. The van der Waals surface area contributed by atoms with Gasteiger partial charge in [0.1, 0.15) is 0 Å². The Hall–Kier alpha value is -1.85. The minimum atomic E-state index is -2.90. The Morgan fingerprint density at radius 1 is 1.28 bits per heavy atom. The first-order valence-corrected chi connectivity index (χ1v) is 5.25. The molecule has 1 rings (SSSR count). The highest BCUT2D eigenvalue weighted by Gasteiger charge is 2.11. The first kappa shape index (κ1) is 14.2. The molecule has 6 heteroatoms. The van der Waals surface area contributed by atoms with E-state index >= 15 is 0 Å². The Balaban J connectivity index is 2.75. The minimum absolute atomic E-state index is 0.0330. The van der Waals surface area contributed by atoms with Crippen LogP contribution in [0, 0.1) is 0 Å². The average Bonchev–Trinajstić information content (AvgIpc) is 2.36. The van der Waals surface area contributed by atoms with Crippen molar-refractivity contribution in [2.45, 2.75) is 19.5 Å². The van der Waals surface area contributed by atoms with Gasteiger partial charge in [-0.25, -0.2) is 0 Å². The molecule has 1 aromatic carbocycles. The molecule has 0 aliphatic rings. The normalized spacial score (nSPS) is 10.3. The summed E-state index contributed by atoms with van der Waals surface area (Å²) in [5.74, 6) is -0.158. The van der Waals surface area contributed by atoms with E-state index in [9.17, 15) is 13.6 Å². The van der Waals surface area contributed by atoms with Gasteiger partial charge in [0.25, 0.3) is 0 Å². The molecule has 0 saturated heterocycles. The number of benzene rings is 1. The number of rotatable bonds is 6. The van der Waals surface area contributed by atoms with E-state index in [0.717, 1.165) is 5.56 Å². The van der Waals surface area contributed by atoms with Crippen LogP contribution in [0.2, 0.25) is 0 Å². The fourth-order valence-electron chi connectivity index (χ4n) is 1.41. The third kappa shape index (κ3) is 4.20. The van der Waals surface area contributed by atoms with Crippen molar-refractivity contribution in [1.82, 2.24) is 0 Å². The van der Waals surface area contributed by atoms with Gasteiger partial charge in [-0.2, -0.15) is 8.78 Å². The van der Waals surface area contributed by atoms with Crippen LogP contribution >= 0.6 is 0 Å². The van der Waals surface area contributed by atoms with Gasteiger partial charge < -0.3 is 14.2 Å². The van der Waals surface area contributed by atoms with Crippen molar-refractivity contribution in [3.8, 4) is 11.5 Å². The van der Waals surface area contributed by atoms with E-state index in [-0.39, 0.29) is 23.9 Å². The number of hydrogen-bond donors (Lipinski definition) is 0. The summed E-state index contributed by atoms with van der Waals surface area (Å²) in [6, 6.07) is 4.54. The predicted octanol–water partition coefficient (Wildman–Crippen LogP) is 2.40. The predicted molar refractivity (Wildman–Crippen MR) is 60.0 cm³/mol. The second kappa shape index (κ2) is 6.78. The molecule has 0 aromatic heterocycles. The lowest BCUT2D eigenvalue weighted by Crippen LogP contribution is -2.05. The largest absolute Gasteiger partial charge is 0.493 e. The van der Waals surface area contributed by atoms with Crippen molar-refractivity contribution >= 4 is 5.97 Å². The number of halogens is 2. The maximum Gasteiger partial charge on any atom is 0.387 e. The van der Waals surface area contributed by atoms with Crippen molar-refractivity contribution in [3.63, 3.8) is 0 Å². The van der Waals surface area contributed by atoms with Gasteiger partial charge in [0, 0.05) is 6.42 Å². The monoisotopic (exact) mass is 260 g/mol. The second-order valence-electron chi connectivity index (χ2n) is 3.44. The van der Waals surface area contributed by atoms with Crippen molar-refractivity contribution in [3.05, 3.63) is 23.8 Å². The Kier molecular flexibility index (Phi) is 5.35. The van der Waals surface area contributed by atoms with E-state index in [2.05, 4.69) is 9.47 Å².